The second-order valence-corrected chi connectivity index (χ2v) is 11.2. The van der Waals surface area contributed by atoms with Crippen LogP contribution in [-0.4, -0.2) is 53.3 Å². The van der Waals surface area contributed by atoms with Gasteiger partial charge in [0.05, 0.1) is 11.3 Å². The van der Waals surface area contributed by atoms with Gasteiger partial charge in [0.25, 0.3) is 0 Å². The molecule has 5 rings (SSSR count). The van der Waals surface area contributed by atoms with E-state index in [0.29, 0.717) is 11.5 Å². The fraction of sp³-hybridized carbons (Fsp3) is 0.516. The van der Waals surface area contributed by atoms with E-state index in [2.05, 4.69) is 46.4 Å². The molecule has 0 saturated heterocycles. The van der Waals surface area contributed by atoms with Crippen molar-refractivity contribution in [3.05, 3.63) is 52.5 Å². The Balaban J connectivity index is 1.60. The molecule has 0 radical (unpaired) electrons. The van der Waals surface area contributed by atoms with Gasteiger partial charge in [-0.1, -0.05) is 50.8 Å². The zero-order valence-corrected chi connectivity index (χ0v) is 23.1. The number of hydrogen-bond donors (Lipinski definition) is 1. The number of anilines is 1. The average molecular weight is 522 g/mol. The van der Waals surface area contributed by atoms with E-state index in [1.54, 1.807) is 6.07 Å². The van der Waals surface area contributed by atoms with E-state index in [-0.39, 0.29) is 0 Å². The number of nitrogens with zero attached hydrogens (tertiary/aromatic N) is 3. The van der Waals surface area contributed by atoms with E-state index >= 15 is 0 Å². The maximum absolute atomic E-state index is 11.9. The van der Waals surface area contributed by atoms with Crippen LogP contribution in [0.2, 0.25) is 5.02 Å². The molecule has 1 aliphatic heterocycles. The van der Waals surface area contributed by atoms with Crippen molar-refractivity contribution in [2.24, 2.45) is 0 Å². The van der Waals surface area contributed by atoms with Crippen LogP contribution in [0.4, 0.5) is 5.69 Å². The first-order valence-corrected chi connectivity index (χ1v) is 14.6. The van der Waals surface area contributed by atoms with Gasteiger partial charge in [0.15, 0.2) is 0 Å². The topological polar surface area (TPSA) is 48.7 Å². The summed E-state index contributed by atoms with van der Waals surface area (Å²) in [4.78, 5) is 16.9. The molecule has 5 nitrogen and oxygen atoms in total. The predicted octanol–water partition coefficient (Wildman–Crippen LogP) is 7.65. The number of carbonyl (C=O) groups is 1. The van der Waals surface area contributed by atoms with Crippen molar-refractivity contribution in [1.82, 2.24) is 9.47 Å². The highest BCUT2D eigenvalue weighted by molar-refractivity contribution is 6.31. The van der Waals surface area contributed by atoms with Crippen LogP contribution in [0.15, 0.2) is 36.4 Å². The summed E-state index contributed by atoms with van der Waals surface area (Å²) in [5, 5.41) is 11.7. The first-order chi connectivity index (χ1) is 18.0. The minimum absolute atomic E-state index is 0.357. The maximum Gasteiger partial charge on any atom is 0.335 e. The van der Waals surface area contributed by atoms with Gasteiger partial charge in [-0.05, 0) is 87.1 Å². The van der Waals surface area contributed by atoms with Gasteiger partial charge >= 0.3 is 5.97 Å². The van der Waals surface area contributed by atoms with Crippen molar-refractivity contribution in [3.63, 3.8) is 0 Å². The maximum atomic E-state index is 11.9. The van der Waals surface area contributed by atoms with Gasteiger partial charge in [0.2, 0.25) is 0 Å². The lowest BCUT2D eigenvalue weighted by molar-refractivity contribution is 0.0697. The number of hydrogen-bond acceptors (Lipinski definition) is 3. The molecule has 0 amide bonds. The summed E-state index contributed by atoms with van der Waals surface area (Å²) in [5.41, 5.74) is 6.55. The monoisotopic (exact) mass is 521 g/mol. The number of halogens is 1. The zero-order chi connectivity index (χ0) is 25.9. The number of carboxylic acids is 1. The van der Waals surface area contributed by atoms with E-state index in [0.717, 1.165) is 56.2 Å². The lowest BCUT2D eigenvalue weighted by Gasteiger charge is -2.27. The van der Waals surface area contributed by atoms with Gasteiger partial charge in [-0.3, -0.25) is 0 Å². The highest BCUT2D eigenvalue weighted by atomic mass is 35.5. The van der Waals surface area contributed by atoms with E-state index in [1.807, 2.05) is 12.1 Å². The lowest BCUT2D eigenvalue weighted by atomic mass is 9.81. The molecule has 0 atom stereocenters. The van der Waals surface area contributed by atoms with Gasteiger partial charge in [-0.2, -0.15) is 0 Å². The third-order valence-corrected chi connectivity index (χ3v) is 8.64. The summed E-state index contributed by atoms with van der Waals surface area (Å²) >= 11 is 6.59. The number of carboxylic acid groups (broad SMARTS) is 1. The molecule has 6 heteroatoms. The molecule has 198 valence electrons. The largest absolute Gasteiger partial charge is 0.478 e. The van der Waals surface area contributed by atoms with Gasteiger partial charge in [-0.25, -0.2) is 4.79 Å². The minimum atomic E-state index is -0.869. The fourth-order valence-corrected chi connectivity index (χ4v) is 6.77. The lowest BCUT2D eigenvalue weighted by Crippen LogP contribution is -2.32. The SMILES string of the molecule is CCCN(CC)CCCN1CCn2c(c(C3CCCCC3)c3ccc(C(=O)O)cc32)-c2ccc(Cl)cc21. The first kappa shape index (κ1) is 26.1. The molecule has 1 N–H and O–H groups in total. The molecule has 2 aromatic carbocycles. The molecule has 0 unspecified atom stereocenters. The number of aromatic carboxylic acids is 1. The highest BCUT2D eigenvalue weighted by Gasteiger charge is 2.30. The summed E-state index contributed by atoms with van der Waals surface area (Å²) in [6, 6.07) is 12.1. The van der Waals surface area contributed by atoms with Crippen LogP contribution in [0, 0.1) is 0 Å². The molecule has 2 heterocycles. The first-order valence-electron chi connectivity index (χ1n) is 14.2. The predicted molar refractivity (Wildman–Crippen MR) is 154 cm³/mol. The van der Waals surface area contributed by atoms with Crippen LogP contribution in [0.5, 0.6) is 0 Å². The molecule has 0 spiro atoms. The van der Waals surface area contributed by atoms with Gasteiger partial charge in [0, 0.05) is 46.8 Å². The van der Waals surface area contributed by atoms with Gasteiger partial charge < -0.3 is 19.5 Å². The summed E-state index contributed by atoms with van der Waals surface area (Å²) in [7, 11) is 0. The Labute approximate surface area is 226 Å². The third kappa shape index (κ3) is 5.26. The van der Waals surface area contributed by atoms with Crippen LogP contribution in [0.1, 0.15) is 80.6 Å². The molecule has 1 aromatic heterocycles. The summed E-state index contributed by atoms with van der Waals surface area (Å²) in [5.74, 6) is -0.364. The summed E-state index contributed by atoms with van der Waals surface area (Å²) < 4.78 is 2.41. The van der Waals surface area contributed by atoms with Crippen molar-refractivity contribution in [1.29, 1.82) is 0 Å². The number of benzene rings is 2. The normalized spacial score (nSPS) is 16.2. The second kappa shape index (κ2) is 11.5. The zero-order valence-electron chi connectivity index (χ0n) is 22.3. The van der Waals surface area contributed by atoms with Gasteiger partial charge in [-0.15, -0.1) is 0 Å². The molecule has 37 heavy (non-hydrogen) atoms. The van der Waals surface area contributed by atoms with Crippen molar-refractivity contribution in [2.45, 2.75) is 71.3 Å². The Hall–Kier alpha value is -2.50. The second-order valence-electron chi connectivity index (χ2n) is 10.7. The number of fused-ring (bicyclic) bond motifs is 5. The molecule has 0 bridgehead atoms. The Morgan fingerprint density at radius 3 is 2.59 bits per heavy atom. The van der Waals surface area contributed by atoms with E-state index in [1.165, 1.54) is 66.4 Å². The summed E-state index contributed by atoms with van der Waals surface area (Å²) in [6.07, 6.45) is 8.51. The van der Waals surface area contributed by atoms with Crippen LogP contribution >= 0.6 is 11.6 Å². The van der Waals surface area contributed by atoms with Gasteiger partial charge in [0.1, 0.15) is 0 Å². The van der Waals surface area contributed by atoms with Crippen LogP contribution in [-0.2, 0) is 6.54 Å². The summed E-state index contributed by atoms with van der Waals surface area (Å²) in [6.45, 7) is 10.5. The fourth-order valence-electron chi connectivity index (χ4n) is 6.61. The van der Waals surface area contributed by atoms with Crippen LogP contribution in [0.3, 0.4) is 0 Å². The molecule has 1 fully saturated rings. The van der Waals surface area contributed by atoms with Crippen LogP contribution < -0.4 is 4.90 Å². The molecule has 1 saturated carbocycles. The third-order valence-electron chi connectivity index (χ3n) is 8.40. The Bertz CT molecular complexity index is 1260. The molecule has 1 aliphatic carbocycles. The molecule has 3 aromatic rings. The van der Waals surface area contributed by atoms with Crippen LogP contribution in [0.25, 0.3) is 22.2 Å². The Morgan fingerprint density at radius 1 is 1.05 bits per heavy atom. The van der Waals surface area contributed by atoms with Crippen molar-refractivity contribution in [3.8, 4) is 11.3 Å². The standard InChI is InChI=1S/C31H40ClN3O2/c1-3-15-33(4-2)16-8-17-34-18-19-35-28-20-23(31(36)37)11-13-25(28)29(22-9-6-5-7-10-22)30(35)26-14-12-24(32)21-27(26)34/h11-14,20-22H,3-10,15-19H2,1-2H3,(H,36,37). The smallest absolute Gasteiger partial charge is 0.335 e. The average Bonchev–Trinajstić information content (AvgIpc) is 3.15. The number of rotatable bonds is 9. The van der Waals surface area contributed by atoms with E-state index in [4.69, 9.17) is 11.6 Å². The Kier molecular flexibility index (Phi) is 8.11. The molecular weight excluding hydrogens is 482 g/mol. The number of aromatic nitrogens is 1. The minimum Gasteiger partial charge on any atom is -0.478 e. The van der Waals surface area contributed by atoms with Crippen molar-refractivity contribution in [2.75, 3.05) is 37.6 Å². The van der Waals surface area contributed by atoms with Crippen molar-refractivity contribution < 1.29 is 9.90 Å². The van der Waals surface area contributed by atoms with E-state index < -0.39 is 5.97 Å². The highest BCUT2D eigenvalue weighted by Crippen LogP contribution is 2.47. The quantitative estimate of drug-likeness (QED) is 0.314. The van der Waals surface area contributed by atoms with Crippen molar-refractivity contribution >= 4 is 34.2 Å². The Morgan fingerprint density at radius 2 is 1.86 bits per heavy atom. The molecular formula is C31H40ClN3O2. The molecule has 2 aliphatic rings. The van der Waals surface area contributed by atoms with E-state index in [9.17, 15) is 9.90 Å².